The van der Waals surface area contributed by atoms with Crippen LogP contribution in [0.4, 0.5) is 0 Å². The molecule has 0 aromatic heterocycles. The Morgan fingerprint density at radius 1 is 1.35 bits per heavy atom. The third-order valence-corrected chi connectivity index (χ3v) is 6.35. The molecule has 1 N–H and O–H groups in total. The fraction of sp³-hybridized carbons (Fsp3) is 0.562. The Morgan fingerprint density at radius 2 is 2.04 bits per heavy atom. The lowest BCUT2D eigenvalue weighted by molar-refractivity contribution is -0.126. The molecule has 0 atom stereocenters. The molecule has 1 fully saturated rings. The van der Waals surface area contributed by atoms with Crippen molar-refractivity contribution in [1.29, 1.82) is 0 Å². The number of nitrogens with zero attached hydrogens (tertiary/aromatic N) is 1. The molecular formula is C16H23BrN2O3S. The maximum atomic E-state index is 12.5. The number of carbonyl (C=O) groups excluding carboxylic acids is 1. The van der Waals surface area contributed by atoms with E-state index >= 15 is 0 Å². The van der Waals surface area contributed by atoms with Gasteiger partial charge in [0.2, 0.25) is 15.9 Å². The number of hydrogen-bond acceptors (Lipinski definition) is 3. The quantitative estimate of drug-likeness (QED) is 0.794. The molecule has 1 saturated heterocycles. The van der Waals surface area contributed by atoms with Gasteiger partial charge in [0.15, 0.2) is 0 Å². The van der Waals surface area contributed by atoms with Crippen LogP contribution in [0.25, 0.3) is 0 Å². The summed E-state index contributed by atoms with van der Waals surface area (Å²) in [5.74, 6) is -0.0196. The fourth-order valence-electron chi connectivity index (χ4n) is 2.72. The van der Waals surface area contributed by atoms with Gasteiger partial charge in [0, 0.05) is 30.0 Å². The molecule has 0 aliphatic carbocycles. The molecule has 1 aliphatic heterocycles. The van der Waals surface area contributed by atoms with Gasteiger partial charge in [-0.3, -0.25) is 4.79 Å². The van der Waals surface area contributed by atoms with E-state index in [2.05, 4.69) is 21.2 Å². The number of carbonyl (C=O) groups is 1. The average molecular weight is 403 g/mol. The number of amides is 1. The summed E-state index contributed by atoms with van der Waals surface area (Å²) in [4.78, 5) is 12.0. The number of piperidine rings is 1. The highest BCUT2D eigenvalue weighted by molar-refractivity contribution is 9.10. The van der Waals surface area contributed by atoms with Gasteiger partial charge in [-0.2, -0.15) is 0 Å². The monoisotopic (exact) mass is 402 g/mol. The molecule has 1 heterocycles. The normalized spacial score (nSPS) is 17.1. The third-order valence-electron chi connectivity index (χ3n) is 4.01. The van der Waals surface area contributed by atoms with Gasteiger partial charge in [0.1, 0.15) is 0 Å². The minimum Gasteiger partial charge on any atom is -0.356 e. The standard InChI is InChI=1S/C16H23BrN2O3S/c1-2-8-18-16(20)14-6-9-19(10-7-14)23(21,22)12-13-4-3-5-15(17)11-13/h3-5,11,14H,2,6-10,12H2,1H3,(H,18,20). The fourth-order valence-corrected chi connectivity index (χ4v) is 4.71. The van der Waals surface area contributed by atoms with Crippen molar-refractivity contribution in [3.05, 3.63) is 34.3 Å². The van der Waals surface area contributed by atoms with Gasteiger partial charge < -0.3 is 5.32 Å². The van der Waals surface area contributed by atoms with Crippen molar-refractivity contribution in [2.45, 2.75) is 31.9 Å². The number of nitrogens with one attached hydrogen (secondary N) is 1. The van der Waals surface area contributed by atoms with E-state index in [1.54, 1.807) is 0 Å². The maximum Gasteiger partial charge on any atom is 0.223 e. The Kier molecular flexibility index (Phi) is 6.61. The van der Waals surface area contributed by atoms with Gasteiger partial charge in [-0.05, 0) is 37.0 Å². The van der Waals surface area contributed by atoms with Crippen molar-refractivity contribution in [2.24, 2.45) is 5.92 Å². The molecule has 0 bridgehead atoms. The molecule has 23 heavy (non-hydrogen) atoms. The van der Waals surface area contributed by atoms with E-state index in [-0.39, 0.29) is 17.6 Å². The van der Waals surface area contributed by atoms with Crippen molar-refractivity contribution in [3.8, 4) is 0 Å². The van der Waals surface area contributed by atoms with Crippen LogP contribution < -0.4 is 5.32 Å². The topological polar surface area (TPSA) is 66.5 Å². The van der Waals surface area contributed by atoms with Crippen LogP contribution in [-0.4, -0.2) is 38.3 Å². The van der Waals surface area contributed by atoms with Gasteiger partial charge in [-0.15, -0.1) is 0 Å². The van der Waals surface area contributed by atoms with E-state index < -0.39 is 10.0 Å². The van der Waals surface area contributed by atoms with E-state index in [1.165, 1.54) is 4.31 Å². The highest BCUT2D eigenvalue weighted by Crippen LogP contribution is 2.22. The van der Waals surface area contributed by atoms with Crippen molar-refractivity contribution in [3.63, 3.8) is 0 Å². The Bertz CT molecular complexity index is 640. The highest BCUT2D eigenvalue weighted by atomic mass is 79.9. The Labute approximate surface area is 146 Å². The van der Waals surface area contributed by atoms with Gasteiger partial charge in [0.25, 0.3) is 0 Å². The summed E-state index contributed by atoms with van der Waals surface area (Å²) in [6.07, 6.45) is 2.09. The van der Waals surface area contributed by atoms with Crippen LogP contribution in [0.3, 0.4) is 0 Å². The van der Waals surface area contributed by atoms with E-state index in [0.717, 1.165) is 16.5 Å². The third kappa shape index (κ3) is 5.29. The summed E-state index contributed by atoms with van der Waals surface area (Å²) in [6, 6.07) is 7.34. The van der Waals surface area contributed by atoms with Crippen molar-refractivity contribution in [1.82, 2.24) is 9.62 Å². The smallest absolute Gasteiger partial charge is 0.223 e. The van der Waals surface area contributed by atoms with E-state index in [1.807, 2.05) is 31.2 Å². The summed E-state index contributed by atoms with van der Waals surface area (Å²) >= 11 is 3.36. The SMILES string of the molecule is CCCNC(=O)C1CCN(S(=O)(=O)Cc2cccc(Br)c2)CC1. The maximum absolute atomic E-state index is 12.5. The van der Waals surface area contributed by atoms with Gasteiger partial charge >= 0.3 is 0 Å². The minimum absolute atomic E-state index is 0.000855. The molecule has 1 amide bonds. The zero-order valence-electron chi connectivity index (χ0n) is 13.3. The van der Waals surface area contributed by atoms with Crippen LogP contribution in [0.15, 0.2) is 28.7 Å². The molecule has 0 saturated carbocycles. The second-order valence-corrected chi connectivity index (χ2v) is 8.74. The molecule has 2 rings (SSSR count). The number of hydrogen-bond donors (Lipinski definition) is 1. The van der Waals surface area contributed by atoms with E-state index in [9.17, 15) is 13.2 Å². The van der Waals surface area contributed by atoms with Gasteiger partial charge in [-0.25, -0.2) is 12.7 Å². The minimum atomic E-state index is -3.34. The zero-order valence-corrected chi connectivity index (χ0v) is 15.7. The zero-order chi connectivity index (χ0) is 16.9. The molecule has 1 aromatic carbocycles. The predicted molar refractivity (Wildman–Crippen MR) is 94.4 cm³/mol. The van der Waals surface area contributed by atoms with Crippen LogP contribution in [-0.2, 0) is 20.6 Å². The lowest BCUT2D eigenvalue weighted by atomic mass is 9.97. The first kappa shape index (κ1) is 18.4. The van der Waals surface area contributed by atoms with E-state index in [4.69, 9.17) is 0 Å². The lowest BCUT2D eigenvalue weighted by Gasteiger charge is -2.30. The van der Waals surface area contributed by atoms with Crippen LogP contribution in [0.1, 0.15) is 31.7 Å². The number of benzene rings is 1. The van der Waals surface area contributed by atoms with E-state index in [0.29, 0.717) is 32.5 Å². The van der Waals surface area contributed by atoms with Crippen LogP contribution in [0, 0.1) is 5.92 Å². The Balaban J connectivity index is 1.92. The molecule has 128 valence electrons. The molecule has 1 aromatic rings. The number of sulfonamides is 1. The molecular weight excluding hydrogens is 380 g/mol. The van der Waals surface area contributed by atoms with Crippen molar-refractivity contribution >= 4 is 31.9 Å². The second-order valence-electron chi connectivity index (χ2n) is 5.85. The second kappa shape index (κ2) is 8.26. The first-order valence-corrected chi connectivity index (χ1v) is 10.3. The van der Waals surface area contributed by atoms with Gasteiger partial charge in [-0.1, -0.05) is 35.0 Å². The summed E-state index contributed by atoms with van der Waals surface area (Å²) in [5, 5.41) is 2.89. The summed E-state index contributed by atoms with van der Waals surface area (Å²) < 4.78 is 27.4. The number of rotatable bonds is 6. The summed E-state index contributed by atoms with van der Waals surface area (Å²) in [7, 11) is -3.34. The van der Waals surface area contributed by atoms with Crippen LogP contribution in [0.2, 0.25) is 0 Å². The number of halogens is 1. The molecule has 5 nitrogen and oxygen atoms in total. The average Bonchev–Trinajstić information content (AvgIpc) is 2.52. The Morgan fingerprint density at radius 3 is 2.65 bits per heavy atom. The molecule has 1 aliphatic rings. The van der Waals surface area contributed by atoms with Crippen molar-refractivity contribution in [2.75, 3.05) is 19.6 Å². The molecule has 7 heteroatoms. The van der Waals surface area contributed by atoms with Crippen molar-refractivity contribution < 1.29 is 13.2 Å². The van der Waals surface area contributed by atoms with Crippen LogP contribution in [0.5, 0.6) is 0 Å². The molecule has 0 spiro atoms. The lowest BCUT2D eigenvalue weighted by Crippen LogP contribution is -2.43. The highest BCUT2D eigenvalue weighted by Gasteiger charge is 2.30. The van der Waals surface area contributed by atoms with Crippen LogP contribution >= 0.6 is 15.9 Å². The first-order chi connectivity index (χ1) is 10.9. The summed E-state index contributed by atoms with van der Waals surface area (Å²) in [5.41, 5.74) is 0.766. The largest absolute Gasteiger partial charge is 0.356 e. The van der Waals surface area contributed by atoms with Gasteiger partial charge in [0.05, 0.1) is 5.75 Å². The molecule has 0 radical (unpaired) electrons. The first-order valence-electron chi connectivity index (χ1n) is 7.92. The molecule has 0 unspecified atom stereocenters. The predicted octanol–water partition coefficient (Wildman–Crippen LogP) is 2.52. The Hall–Kier alpha value is -0.920. The summed E-state index contributed by atoms with van der Waals surface area (Å²) in [6.45, 7) is 3.53.